The van der Waals surface area contributed by atoms with Crippen LogP contribution in [0.5, 0.6) is 0 Å². The maximum Gasteiger partial charge on any atom is 0.435 e. The van der Waals surface area contributed by atoms with E-state index in [0.717, 1.165) is 10.7 Å². The smallest absolute Gasteiger partial charge is 0.266 e. The zero-order chi connectivity index (χ0) is 12.5. The first-order chi connectivity index (χ1) is 8.00. The molecule has 0 saturated heterocycles. The van der Waals surface area contributed by atoms with E-state index in [-0.39, 0.29) is 20.1 Å². The second kappa shape index (κ2) is 5.34. The zero-order valence-corrected chi connectivity index (χ0v) is 11.1. The van der Waals surface area contributed by atoms with Crippen LogP contribution < -0.4 is 0 Å². The van der Waals surface area contributed by atoms with Crippen LogP contribution in [0.2, 0.25) is 0 Å². The van der Waals surface area contributed by atoms with Crippen molar-refractivity contribution in [2.24, 2.45) is 0 Å². The number of hydrogen-bond acceptors (Lipinski definition) is 1. The van der Waals surface area contributed by atoms with Crippen LogP contribution in [0.1, 0.15) is 5.69 Å². The summed E-state index contributed by atoms with van der Waals surface area (Å²) in [5.74, 6) is 0. The molecule has 0 aliphatic rings. The molecule has 0 unspecified atom stereocenters. The predicted molar refractivity (Wildman–Crippen MR) is 53.7 cm³/mol. The minimum Gasteiger partial charge on any atom is -0.266 e. The summed E-state index contributed by atoms with van der Waals surface area (Å²) in [5, 5.41) is 3.38. The number of halogens is 3. The van der Waals surface area contributed by atoms with Crippen LogP contribution in [0.25, 0.3) is 10.5 Å². The quantitative estimate of drug-likeness (QED) is 0.640. The van der Waals surface area contributed by atoms with Crippen LogP contribution in [0.3, 0.4) is 0 Å². The monoisotopic (exact) mass is 429 g/mol. The Morgan fingerprint density at radius 1 is 1.33 bits per heavy atom. The second-order valence-corrected chi connectivity index (χ2v) is 3.19. The molecule has 1 aromatic carbocycles. The van der Waals surface area contributed by atoms with E-state index in [4.69, 9.17) is 6.57 Å². The molecule has 0 saturated carbocycles. The molecule has 2 rings (SSSR count). The largest absolute Gasteiger partial charge is 0.435 e. The predicted octanol–water partition coefficient (Wildman–Crippen LogP) is 3.24. The van der Waals surface area contributed by atoms with Crippen molar-refractivity contribution in [1.82, 2.24) is 9.78 Å². The van der Waals surface area contributed by atoms with Crippen LogP contribution in [0.4, 0.5) is 18.9 Å². The van der Waals surface area contributed by atoms with Gasteiger partial charge in [0.05, 0.1) is 12.3 Å². The molecule has 1 radical (unpaired) electrons. The van der Waals surface area contributed by atoms with Crippen LogP contribution in [0.15, 0.2) is 30.5 Å². The summed E-state index contributed by atoms with van der Waals surface area (Å²) in [6.45, 7) is 6.81. The molecule has 0 aliphatic carbocycles. The number of aromatic nitrogens is 2. The van der Waals surface area contributed by atoms with Crippen molar-refractivity contribution < 1.29 is 33.3 Å². The minimum atomic E-state index is -4.47. The van der Waals surface area contributed by atoms with Crippen molar-refractivity contribution in [1.29, 1.82) is 0 Å². The Hall–Kier alpha value is -1.64. The van der Waals surface area contributed by atoms with Crippen LogP contribution in [0, 0.1) is 12.6 Å². The van der Waals surface area contributed by atoms with E-state index in [2.05, 4.69) is 16.0 Å². The summed E-state index contributed by atoms with van der Waals surface area (Å²) in [6.07, 6.45) is -3.29. The summed E-state index contributed by atoms with van der Waals surface area (Å²) in [5.41, 5.74) is -0.351. The van der Waals surface area contributed by atoms with Gasteiger partial charge in [-0.3, -0.25) is 9.53 Å². The molecule has 0 N–H and O–H groups in total. The first kappa shape index (κ1) is 14.4. The fraction of sp³-hybridized carbons (Fsp3) is 0.0909. The molecule has 0 amide bonds. The van der Waals surface area contributed by atoms with Crippen LogP contribution in [-0.4, -0.2) is 9.78 Å². The van der Waals surface area contributed by atoms with Gasteiger partial charge in [-0.05, 0) is 6.07 Å². The van der Waals surface area contributed by atoms with E-state index in [1.54, 1.807) is 0 Å². The molecule has 0 fully saturated rings. The fourth-order valence-electron chi connectivity index (χ4n) is 1.25. The Kier molecular flexibility index (Phi) is 4.28. The van der Waals surface area contributed by atoms with Crippen molar-refractivity contribution in [2.75, 3.05) is 0 Å². The Morgan fingerprint density at radius 2 is 2.06 bits per heavy atom. The Bertz CT molecular complexity index is 584. The molecule has 2 aromatic rings. The summed E-state index contributed by atoms with van der Waals surface area (Å²) >= 11 is 0. The van der Waals surface area contributed by atoms with Gasteiger partial charge < -0.3 is 0 Å². The molecule has 18 heavy (non-hydrogen) atoms. The third-order valence-corrected chi connectivity index (χ3v) is 2.03. The SMILES string of the molecule is [C-]#[N+]c1cc[c-]c(-n2ccc(C(F)(F)F)n2)c1.[Ir]. The minimum absolute atomic E-state index is 0. The van der Waals surface area contributed by atoms with Crippen LogP contribution in [-0.2, 0) is 26.3 Å². The molecular weight excluding hydrogens is 423 g/mol. The average molecular weight is 428 g/mol. The molecule has 95 valence electrons. The summed E-state index contributed by atoms with van der Waals surface area (Å²) < 4.78 is 38.0. The van der Waals surface area contributed by atoms with E-state index in [1.807, 2.05) is 0 Å². The van der Waals surface area contributed by atoms with E-state index in [0.29, 0.717) is 11.4 Å². The molecule has 0 atom stereocenters. The van der Waals surface area contributed by atoms with Gasteiger partial charge in [-0.25, -0.2) is 0 Å². The molecule has 0 spiro atoms. The molecule has 0 aliphatic heterocycles. The van der Waals surface area contributed by atoms with Gasteiger partial charge in [-0.15, -0.1) is 6.07 Å². The van der Waals surface area contributed by atoms with Crippen LogP contribution >= 0.6 is 0 Å². The van der Waals surface area contributed by atoms with E-state index >= 15 is 0 Å². The fourth-order valence-corrected chi connectivity index (χ4v) is 1.25. The van der Waals surface area contributed by atoms with Gasteiger partial charge in [0.25, 0.3) is 0 Å². The normalized spacial score (nSPS) is 10.6. The third kappa shape index (κ3) is 2.97. The van der Waals surface area contributed by atoms with Crippen molar-refractivity contribution in [3.8, 4) is 5.69 Å². The first-order valence-corrected chi connectivity index (χ1v) is 4.53. The molecule has 1 heterocycles. The second-order valence-electron chi connectivity index (χ2n) is 3.19. The zero-order valence-electron chi connectivity index (χ0n) is 8.70. The van der Waals surface area contributed by atoms with Gasteiger partial charge in [-0.1, -0.05) is 5.69 Å². The van der Waals surface area contributed by atoms with Gasteiger partial charge in [-0.2, -0.15) is 36.5 Å². The first-order valence-electron chi connectivity index (χ1n) is 4.53. The maximum atomic E-state index is 12.3. The molecule has 1 aromatic heterocycles. The molecule has 0 bridgehead atoms. The van der Waals surface area contributed by atoms with Gasteiger partial charge in [0.15, 0.2) is 5.69 Å². The van der Waals surface area contributed by atoms with Crippen molar-refractivity contribution in [2.45, 2.75) is 6.18 Å². The topological polar surface area (TPSA) is 22.2 Å². The number of alkyl halides is 3. The van der Waals surface area contributed by atoms with Gasteiger partial charge in [0.2, 0.25) is 0 Å². The van der Waals surface area contributed by atoms with Gasteiger partial charge >= 0.3 is 6.18 Å². The summed E-state index contributed by atoms with van der Waals surface area (Å²) in [6, 6.07) is 7.99. The van der Waals surface area contributed by atoms with E-state index < -0.39 is 11.9 Å². The van der Waals surface area contributed by atoms with Gasteiger partial charge in [0.1, 0.15) is 0 Å². The summed E-state index contributed by atoms with van der Waals surface area (Å²) in [4.78, 5) is 3.18. The van der Waals surface area contributed by atoms with E-state index in [1.165, 1.54) is 24.4 Å². The number of nitrogens with zero attached hydrogens (tertiary/aromatic N) is 3. The molecule has 7 heteroatoms. The third-order valence-electron chi connectivity index (χ3n) is 2.03. The molecule has 3 nitrogen and oxygen atoms in total. The number of hydrogen-bond donors (Lipinski definition) is 0. The maximum absolute atomic E-state index is 12.3. The van der Waals surface area contributed by atoms with E-state index in [9.17, 15) is 13.2 Å². The Labute approximate surface area is 114 Å². The average Bonchev–Trinajstić information content (AvgIpc) is 2.78. The van der Waals surface area contributed by atoms with Crippen molar-refractivity contribution in [3.63, 3.8) is 0 Å². The van der Waals surface area contributed by atoms with Gasteiger partial charge in [0, 0.05) is 26.3 Å². The van der Waals surface area contributed by atoms with Crippen molar-refractivity contribution in [3.05, 3.63) is 53.6 Å². The molecular formula is C11H5F3IrN3-. The standard InChI is InChI=1S/C11H5F3N3.Ir/c1-15-8-3-2-4-9(7-8)17-6-5-10(16-17)11(12,13)14;/h2-3,5-7H;/q-1;. The summed E-state index contributed by atoms with van der Waals surface area (Å²) in [7, 11) is 0. The Morgan fingerprint density at radius 3 is 2.61 bits per heavy atom. The Balaban J connectivity index is 0.00000162. The number of rotatable bonds is 1. The van der Waals surface area contributed by atoms with Crippen molar-refractivity contribution >= 4 is 5.69 Å². The number of benzene rings is 1.